The molecule has 0 radical (unpaired) electrons. The van der Waals surface area contributed by atoms with Crippen molar-refractivity contribution in [3.63, 3.8) is 0 Å². The number of nitro groups is 1. The molecule has 1 aliphatic heterocycles. The summed E-state index contributed by atoms with van der Waals surface area (Å²) in [6.07, 6.45) is 5.77. The number of non-ortho nitro benzene ring substituents is 1. The van der Waals surface area contributed by atoms with Crippen LogP contribution >= 0.6 is 11.6 Å². The van der Waals surface area contributed by atoms with Crippen LogP contribution in [0.15, 0.2) is 109 Å². The molecule has 0 aliphatic carbocycles. The number of piperazine rings is 1. The van der Waals surface area contributed by atoms with Crippen LogP contribution in [0.25, 0.3) is 6.08 Å². The zero-order valence-corrected chi connectivity index (χ0v) is 32.1. The molecule has 6 rings (SSSR count). The van der Waals surface area contributed by atoms with E-state index in [2.05, 4.69) is 60.1 Å². The van der Waals surface area contributed by atoms with E-state index in [4.69, 9.17) is 25.8 Å². The Hall–Kier alpha value is -5.71. The number of carbonyl (C=O) groups is 1. The molecule has 0 atom stereocenters. The molecule has 1 aliphatic rings. The van der Waals surface area contributed by atoms with E-state index in [0.717, 1.165) is 48.5 Å². The smallest absolute Gasteiger partial charge is 0.269 e. The third kappa shape index (κ3) is 11.2. The number of ether oxygens (including phenoxy) is 3. The van der Waals surface area contributed by atoms with Crippen molar-refractivity contribution in [3.05, 3.63) is 158 Å². The van der Waals surface area contributed by atoms with Crippen LogP contribution in [0, 0.1) is 17.0 Å². The molecule has 0 bridgehead atoms. The number of aryl methyl sites for hydroxylation is 1. The van der Waals surface area contributed by atoms with Gasteiger partial charge >= 0.3 is 0 Å². The van der Waals surface area contributed by atoms with Gasteiger partial charge in [0.15, 0.2) is 5.75 Å². The van der Waals surface area contributed by atoms with E-state index in [0.29, 0.717) is 48.0 Å². The van der Waals surface area contributed by atoms with Crippen molar-refractivity contribution in [2.75, 3.05) is 32.8 Å². The van der Waals surface area contributed by atoms with Crippen LogP contribution in [0.1, 0.15) is 53.1 Å². The molecular weight excluding hydrogens is 716 g/mol. The molecule has 1 aromatic heterocycles. The highest BCUT2D eigenvalue weighted by Gasteiger charge is 2.20. The van der Waals surface area contributed by atoms with Crippen molar-refractivity contribution in [3.8, 4) is 23.1 Å². The summed E-state index contributed by atoms with van der Waals surface area (Å²) in [6.45, 7) is 10.9. The van der Waals surface area contributed by atoms with Crippen LogP contribution < -0.4 is 14.2 Å². The van der Waals surface area contributed by atoms with E-state index in [-0.39, 0.29) is 18.2 Å². The van der Waals surface area contributed by atoms with Crippen LogP contribution in [0.5, 0.6) is 23.1 Å². The number of rotatable bonds is 15. The molecule has 11 heteroatoms. The van der Waals surface area contributed by atoms with E-state index in [1.54, 1.807) is 42.5 Å². The van der Waals surface area contributed by atoms with Gasteiger partial charge in [-0.2, -0.15) is 0 Å². The normalized spacial score (nSPS) is 13.3. The SMILES string of the molecule is Cc1cc(/C=C/C(=O)N2CCN(Cc3ccc(CCOc4ccc(C(C)C)cc4)cc3)CC2)cc(Cl)c1Oc1ccc(OCc2ccc([N+](=O)[O-])cc2)cn1. The minimum absolute atomic E-state index is 0.0273. The van der Waals surface area contributed by atoms with Crippen LogP contribution in [0.4, 0.5) is 5.69 Å². The van der Waals surface area contributed by atoms with Crippen molar-refractivity contribution in [1.82, 2.24) is 14.8 Å². The predicted molar refractivity (Wildman–Crippen MR) is 215 cm³/mol. The molecule has 2 heterocycles. The summed E-state index contributed by atoms with van der Waals surface area (Å²) in [4.78, 5) is 32.1. The molecule has 1 saturated heterocycles. The first-order chi connectivity index (χ1) is 26.6. The lowest BCUT2D eigenvalue weighted by Crippen LogP contribution is -2.47. The van der Waals surface area contributed by atoms with Crippen LogP contribution in [-0.4, -0.2) is 58.4 Å². The van der Waals surface area contributed by atoms with Gasteiger partial charge in [0.25, 0.3) is 5.69 Å². The first kappa shape index (κ1) is 39.0. The number of hydrogen-bond acceptors (Lipinski definition) is 8. The molecule has 0 saturated carbocycles. The second-order valence-electron chi connectivity index (χ2n) is 13.9. The highest BCUT2D eigenvalue weighted by molar-refractivity contribution is 6.32. The number of pyridine rings is 1. The second kappa shape index (κ2) is 18.6. The van der Waals surface area contributed by atoms with Crippen LogP contribution in [0.3, 0.4) is 0 Å². The van der Waals surface area contributed by atoms with Gasteiger partial charge in [0.05, 0.1) is 22.7 Å². The van der Waals surface area contributed by atoms with Crippen molar-refractivity contribution in [2.24, 2.45) is 0 Å². The first-order valence-electron chi connectivity index (χ1n) is 18.4. The molecule has 0 N–H and O–H groups in total. The highest BCUT2D eigenvalue weighted by atomic mass is 35.5. The Balaban J connectivity index is 0.920. The lowest BCUT2D eigenvalue weighted by molar-refractivity contribution is -0.384. The Labute approximate surface area is 327 Å². The summed E-state index contributed by atoms with van der Waals surface area (Å²) in [5.74, 6) is 2.71. The maximum absolute atomic E-state index is 13.1. The lowest BCUT2D eigenvalue weighted by atomic mass is 10.0. The summed E-state index contributed by atoms with van der Waals surface area (Å²) in [5.41, 5.74) is 6.22. The molecule has 0 unspecified atom stereocenters. The van der Waals surface area contributed by atoms with Gasteiger partial charge in [0.1, 0.15) is 18.1 Å². The molecule has 55 heavy (non-hydrogen) atoms. The Kier molecular flexibility index (Phi) is 13.2. The number of nitro benzene ring substituents is 1. The van der Waals surface area contributed by atoms with Gasteiger partial charge in [-0.1, -0.05) is 61.8 Å². The van der Waals surface area contributed by atoms with E-state index < -0.39 is 4.92 Å². The van der Waals surface area contributed by atoms with Gasteiger partial charge in [-0.25, -0.2) is 4.98 Å². The second-order valence-corrected chi connectivity index (χ2v) is 14.3. The van der Waals surface area contributed by atoms with E-state index >= 15 is 0 Å². The molecule has 1 amide bonds. The summed E-state index contributed by atoms with van der Waals surface area (Å²) >= 11 is 6.62. The first-order valence-corrected chi connectivity index (χ1v) is 18.8. The molecule has 0 spiro atoms. The fourth-order valence-corrected chi connectivity index (χ4v) is 6.50. The van der Waals surface area contributed by atoms with E-state index in [9.17, 15) is 14.9 Å². The van der Waals surface area contributed by atoms with Crippen LogP contribution in [-0.2, 0) is 24.4 Å². The van der Waals surface area contributed by atoms with Gasteiger partial charge in [0.2, 0.25) is 11.8 Å². The Bertz CT molecular complexity index is 2050. The molecular formula is C44H45ClN4O6. The quantitative estimate of drug-likeness (QED) is 0.0590. The third-order valence-electron chi connectivity index (χ3n) is 9.46. The van der Waals surface area contributed by atoms with Crippen molar-refractivity contribution < 1.29 is 23.9 Å². The molecule has 284 valence electrons. The van der Waals surface area contributed by atoms with Gasteiger partial charge in [-0.15, -0.1) is 0 Å². The van der Waals surface area contributed by atoms with Gasteiger partial charge in [0, 0.05) is 63.4 Å². The van der Waals surface area contributed by atoms with Gasteiger partial charge in [-0.05, 0) is 94.8 Å². The highest BCUT2D eigenvalue weighted by Crippen LogP contribution is 2.34. The number of hydrogen-bond donors (Lipinski definition) is 0. The molecule has 1 fully saturated rings. The van der Waals surface area contributed by atoms with Gasteiger partial charge < -0.3 is 19.1 Å². The molecule has 10 nitrogen and oxygen atoms in total. The number of carbonyl (C=O) groups excluding carboxylic acids is 1. The van der Waals surface area contributed by atoms with Crippen molar-refractivity contribution in [2.45, 2.75) is 46.3 Å². The average molecular weight is 761 g/mol. The summed E-state index contributed by atoms with van der Waals surface area (Å²) < 4.78 is 17.7. The number of aromatic nitrogens is 1. The number of halogens is 1. The molecule has 5 aromatic rings. The molecule has 4 aromatic carbocycles. The van der Waals surface area contributed by atoms with Crippen molar-refractivity contribution in [1.29, 1.82) is 0 Å². The Morgan fingerprint density at radius 3 is 2.18 bits per heavy atom. The minimum atomic E-state index is -0.440. The number of amides is 1. The van der Waals surface area contributed by atoms with Crippen LogP contribution in [0.2, 0.25) is 5.02 Å². The minimum Gasteiger partial charge on any atom is -0.493 e. The van der Waals surface area contributed by atoms with Crippen molar-refractivity contribution >= 4 is 29.3 Å². The number of nitrogens with zero attached hydrogens (tertiary/aromatic N) is 4. The third-order valence-corrected chi connectivity index (χ3v) is 9.74. The fourth-order valence-electron chi connectivity index (χ4n) is 6.19. The summed E-state index contributed by atoms with van der Waals surface area (Å²) in [7, 11) is 0. The fraction of sp³-hybridized carbons (Fsp3) is 0.273. The average Bonchev–Trinajstić information content (AvgIpc) is 3.19. The lowest BCUT2D eigenvalue weighted by Gasteiger charge is -2.34. The topological polar surface area (TPSA) is 107 Å². The Morgan fingerprint density at radius 1 is 0.873 bits per heavy atom. The van der Waals surface area contributed by atoms with Gasteiger partial charge in [-0.3, -0.25) is 19.8 Å². The zero-order valence-electron chi connectivity index (χ0n) is 31.3. The van der Waals surface area contributed by atoms with E-state index in [1.807, 2.05) is 30.0 Å². The standard InChI is InChI=1S/C44H45ClN4O6/c1-31(2)37-11-15-39(16-12-37)53-25-20-33-4-6-34(7-5-33)29-47-21-23-48(24-22-47)43(50)19-10-36-26-32(3)44(41(45)27-36)55-42-18-17-40(28-46-42)54-30-35-8-13-38(14-9-35)49(51)52/h4-19,26-28,31H,20-25,29-30H2,1-3H3/b19-10+. The largest absolute Gasteiger partial charge is 0.493 e. The zero-order chi connectivity index (χ0) is 38.7. The monoisotopic (exact) mass is 760 g/mol. The maximum Gasteiger partial charge on any atom is 0.269 e. The van der Waals surface area contributed by atoms with E-state index in [1.165, 1.54) is 35.0 Å². The summed E-state index contributed by atoms with van der Waals surface area (Å²) in [5, 5.41) is 11.2. The predicted octanol–water partition coefficient (Wildman–Crippen LogP) is 9.43. The summed E-state index contributed by atoms with van der Waals surface area (Å²) in [6, 6.07) is 30.3. The Morgan fingerprint density at radius 2 is 1.55 bits per heavy atom. The number of benzene rings is 4. The maximum atomic E-state index is 13.1.